The Morgan fingerprint density at radius 3 is 3.25 bits per heavy atom. The molecule has 106 valence electrons. The highest BCUT2D eigenvalue weighted by atomic mass is 35.5. The fraction of sp³-hybridized carbons (Fsp3) is 0.429. The average Bonchev–Trinajstić information content (AvgIpc) is 3.10. The number of aryl methyl sites for hydroxylation is 1. The van der Waals surface area contributed by atoms with Crippen molar-refractivity contribution in [3.8, 4) is 0 Å². The number of aromatic amines is 1. The van der Waals surface area contributed by atoms with E-state index in [9.17, 15) is 0 Å². The summed E-state index contributed by atoms with van der Waals surface area (Å²) >= 11 is 6.24. The van der Waals surface area contributed by atoms with E-state index in [1.807, 2.05) is 25.4 Å². The second-order valence-electron chi connectivity index (χ2n) is 5.04. The Hall–Kier alpha value is -1.59. The molecule has 0 aromatic carbocycles. The van der Waals surface area contributed by atoms with Gasteiger partial charge in [-0.3, -0.25) is 5.10 Å². The van der Waals surface area contributed by atoms with Crippen LogP contribution in [0.15, 0.2) is 24.7 Å². The smallest absolute Gasteiger partial charge is 0.145 e. The van der Waals surface area contributed by atoms with Crippen LogP contribution in [-0.4, -0.2) is 28.3 Å². The minimum Gasteiger partial charge on any atom is -0.373 e. The van der Waals surface area contributed by atoms with Crippen molar-refractivity contribution in [2.45, 2.75) is 19.4 Å². The number of rotatable bonds is 4. The van der Waals surface area contributed by atoms with E-state index in [0.717, 1.165) is 36.5 Å². The maximum atomic E-state index is 6.24. The first-order chi connectivity index (χ1) is 9.75. The number of nitrogens with one attached hydrogen (secondary N) is 2. The Morgan fingerprint density at radius 1 is 1.55 bits per heavy atom. The third kappa shape index (κ3) is 2.64. The molecule has 1 aliphatic heterocycles. The second-order valence-corrected chi connectivity index (χ2v) is 5.42. The number of halogens is 1. The van der Waals surface area contributed by atoms with Crippen LogP contribution < -0.4 is 5.32 Å². The zero-order valence-electron chi connectivity index (χ0n) is 11.3. The van der Waals surface area contributed by atoms with Crippen molar-refractivity contribution in [3.63, 3.8) is 0 Å². The van der Waals surface area contributed by atoms with Gasteiger partial charge in [0, 0.05) is 37.0 Å². The minimum atomic E-state index is 0.0878. The van der Waals surface area contributed by atoms with Crippen LogP contribution in [0, 0.1) is 12.8 Å². The van der Waals surface area contributed by atoms with Gasteiger partial charge in [-0.25, -0.2) is 4.98 Å². The predicted octanol–water partition coefficient (Wildman–Crippen LogP) is 2.96. The SMILES string of the molecule is Cc1ccnc(NC[C@H]2CCO[C@@H]2c2cn[nH]c2)c1Cl. The summed E-state index contributed by atoms with van der Waals surface area (Å²) in [6, 6.07) is 1.90. The van der Waals surface area contributed by atoms with Crippen LogP contribution in [0.5, 0.6) is 0 Å². The third-order valence-electron chi connectivity index (χ3n) is 3.68. The van der Waals surface area contributed by atoms with E-state index in [0.29, 0.717) is 10.9 Å². The lowest BCUT2D eigenvalue weighted by molar-refractivity contribution is 0.0933. The van der Waals surface area contributed by atoms with Gasteiger partial charge in [0.2, 0.25) is 0 Å². The molecule has 1 aliphatic rings. The highest BCUT2D eigenvalue weighted by Crippen LogP contribution is 2.34. The van der Waals surface area contributed by atoms with Gasteiger partial charge in [-0.2, -0.15) is 5.10 Å². The molecule has 2 atom stereocenters. The van der Waals surface area contributed by atoms with Gasteiger partial charge in [-0.15, -0.1) is 0 Å². The van der Waals surface area contributed by atoms with E-state index in [-0.39, 0.29) is 6.10 Å². The second kappa shape index (κ2) is 5.81. The molecule has 20 heavy (non-hydrogen) atoms. The molecule has 0 bridgehead atoms. The van der Waals surface area contributed by atoms with Crippen molar-refractivity contribution in [3.05, 3.63) is 40.8 Å². The van der Waals surface area contributed by atoms with Gasteiger partial charge in [-0.1, -0.05) is 11.6 Å². The van der Waals surface area contributed by atoms with Crippen LogP contribution in [-0.2, 0) is 4.74 Å². The minimum absolute atomic E-state index is 0.0878. The van der Waals surface area contributed by atoms with Crippen molar-refractivity contribution in [2.24, 2.45) is 5.92 Å². The molecule has 0 radical (unpaired) electrons. The molecule has 3 heterocycles. The quantitative estimate of drug-likeness (QED) is 0.909. The van der Waals surface area contributed by atoms with Crippen molar-refractivity contribution in [2.75, 3.05) is 18.5 Å². The molecule has 0 amide bonds. The summed E-state index contributed by atoms with van der Waals surface area (Å²) < 4.78 is 5.80. The van der Waals surface area contributed by atoms with Gasteiger partial charge >= 0.3 is 0 Å². The zero-order chi connectivity index (χ0) is 13.9. The van der Waals surface area contributed by atoms with Crippen LogP contribution in [0.4, 0.5) is 5.82 Å². The fourth-order valence-electron chi connectivity index (χ4n) is 2.52. The zero-order valence-corrected chi connectivity index (χ0v) is 12.0. The molecule has 0 spiro atoms. The maximum Gasteiger partial charge on any atom is 0.145 e. The number of hydrogen-bond acceptors (Lipinski definition) is 4. The maximum absolute atomic E-state index is 6.24. The molecular formula is C14H17ClN4O. The van der Waals surface area contributed by atoms with Crippen LogP contribution in [0.1, 0.15) is 23.7 Å². The first-order valence-electron chi connectivity index (χ1n) is 6.71. The van der Waals surface area contributed by atoms with Gasteiger partial charge in [0.15, 0.2) is 0 Å². The van der Waals surface area contributed by atoms with Gasteiger partial charge in [0.1, 0.15) is 5.82 Å². The molecule has 1 fully saturated rings. The lowest BCUT2D eigenvalue weighted by atomic mass is 9.97. The Labute approximate surface area is 122 Å². The number of H-pyrrole nitrogens is 1. The summed E-state index contributed by atoms with van der Waals surface area (Å²) in [6.07, 6.45) is 6.58. The van der Waals surface area contributed by atoms with Crippen molar-refractivity contribution < 1.29 is 4.74 Å². The third-order valence-corrected chi connectivity index (χ3v) is 4.15. The lowest BCUT2D eigenvalue weighted by Gasteiger charge is -2.18. The van der Waals surface area contributed by atoms with Crippen LogP contribution >= 0.6 is 11.6 Å². The monoisotopic (exact) mass is 292 g/mol. The predicted molar refractivity (Wildman–Crippen MR) is 77.9 cm³/mol. The summed E-state index contributed by atoms with van der Waals surface area (Å²) in [6.45, 7) is 3.53. The number of pyridine rings is 1. The molecule has 2 N–H and O–H groups in total. The van der Waals surface area contributed by atoms with E-state index in [1.54, 1.807) is 6.20 Å². The summed E-state index contributed by atoms with van der Waals surface area (Å²) in [5.74, 6) is 1.13. The fourth-order valence-corrected chi connectivity index (χ4v) is 2.70. The molecule has 0 unspecified atom stereocenters. The summed E-state index contributed by atoms with van der Waals surface area (Å²) in [7, 11) is 0. The van der Waals surface area contributed by atoms with Gasteiger partial charge in [0.05, 0.1) is 17.3 Å². The lowest BCUT2D eigenvalue weighted by Crippen LogP contribution is -2.18. The van der Waals surface area contributed by atoms with E-state index < -0.39 is 0 Å². The molecule has 2 aromatic heterocycles. The van der Waals surface area contributed by atoms with E-state index in [1.165, 1.54) is 0 Å². The molecule has 6 heteroatoms. The van der Waals surface area contributed by atoms with Crippen molar-refractivity contribution >= 4 is 17.4 Å². The number of anilines is 1. The summed E-state index contributed by atoms with van der Waals surface area (Å²) in [5, 5.41) is 10.8. The molecule has 2 aromatic rings. The van der Waals surface area contributed by atoms with Crippen LogP contribution in [0.25, 0.3) is 0 Å². The number of ether oxygens (including phenoxy) is 1. The van der Waals surface area contributed by atoms with Crippen molar-refractivity contribution in [1.82, 2.24) is 15.2 Å². The highest BCUT2D eigenvalue weighted by Gasteiger charge is 2.30. The first-order valence-corrected chi connectivity index (χ1v) is 7.09. The Morgan fingerprint density at radius 2 is 2.45 bits per heavy atom. The molecule has 0 aliphatic carbocycles. The average molecular weight is 293 g/mol. The molecular weight excluding hydrogens is 276 g/mol. The van der Waals surface area contributed by atoms with Crippen LogP contribution in [0.3, 0.4) is 0 Å². The summed E-state index contributed by atoms with van der Waals surface area (Å²) in [4.78, 5) is 4.29. The molecule has 3 rings (SSSR count). The molecule has 1 saturated heterocycles. The molecule has 5 nitrogen and oxygen atoms in total. The van der Waals surface area contributed by atoms with Crippen molar-refractivity contribution in [1.29, 1.82) is 0 Å². The van der Waals surface area contributed by atoms with E-state index >= 15 is 0 Å². The Balaban J connectivity index is 1.67. The number of hydrogen-bond donors (Lipinski definition) is 2. The van der Waals surface area contributed by atoms with Crippen LogP contribution in [0.2, 0.25) is 5.02 Å². The Bertz CT molecular complexity index is 573. The Kier molecular flexibility index (Phi) is 3.89. The van der Waals surface area contributed by atoms with Gasteiger partial charge in [0.25, 0.3) is 0 Å². The molecule has 0 saturated carbocycles. The van der Waals surface area contributed by atoms with E-state index in [4.69, 9.17) is 16.3 Å². The van der Waals surface area contributed by atoms with E-state index in [2.05, 4.69) is 20.5 Å². The normalized spacial score (nSPS) is 22.1. The summed E-state index contributed by atoms with van der Waals surface area (Å²) in [5.41, 5.74) is 2.12. The topological polar surface area (TPSA) is 62.8 Å². The standard InChI is InChI=1S/C14H17ClN4O/c1-9-2-4-16-14(12(9)15)17-6-10-3-5-20-13(10)11-7-18-19-8-11/h2,4,7-8,10,13H,3,5-6H2,1H3,(H,16,17)(H,18,19)/t10-,13+/m1/s1. The first kappa shape index (κ1) is 13.4. The van der Waals surface area contributed by atoms with Gasteiger partial charge < -0.3 is 10.1 Å². The number of aromatic nitrogens is 3. The largest absolute Gasteiger partial charge is 0.373 e. The highest BCUT2D eigenvalue weighted by molar-refractivity contribution is 6.33. The van der Waals surface area contributed by atoms with Gasteiger partial charge in [-0.05, 0) is 25.0 Å². The number of nitrogens with zero attached hydrogens (tertiary/aromatic N) is 2.